The molecule has 1 N–H and O–H groups in total. The van der Waals surface area contributed by atoms with Gasteiger partial charge in [-0.1, -0.05) is 5.16 Å². The smallest absolute Gasteiger partial charge is 0.414 e. The van der Waals surface area contributed by atoms with Crippen molar-refractivity contribution in [2.75, 3.05) is 5.32 Å². The lowest BCUT2D eigenvalue weighted by molar-refractivity contribution is 0.0631. The Morgan fingerprint density at radius 1 is 1.57 bits per heavy atom. The zero-order chi connectivity index (χ0) is 10.8. The molecular formula is C9H14N2O3. The maximum Gasteiger partial charge on any atom is 0.414 e. The maximum atomic E-state index is 11.3. The average Bonchev–Trinajstić information content (AvgIpc) is 2.32. The van der Waals surface area contributed by atoms with Crippen LogP contribution in [0, 0.1) is 6.92 Å². The standard InChI is InChI=1S/C9H14N2O3/c1-6-5-10-14-7(6)11-8(12)13-9(2,3)4/h5H,1-4H3,(H,11,12). The molecule has 1 rings (SSSR count). The molecule has 1 amide bonds. The largest absolute Gasteiger partial charge is 0.444 e. The van der Waals surface area contributed by atoms with Crippen molar-refractivity contribution >= 4 is 12.0 Å². The van der Waals surface area contributed by atoms with Gasteiger partial charge in [-0.2, -0.15) is 0 Å². The number of aromatic nitrogens is 1. The molecule has 0 spiro atoms. The third-order valence-corrected chi connectivity index (χ3v) is 1.36. The van der Waals surface area contributed by atoms with E-state index in [2.05, 4.69) is 10.5 Å². The molecule has 78 valence electrons. The fraction of sp³-hybridized carbons (Fsp3) is 0.556. The summed E-state index contributed by atoms with van der Waals surface area (Å²) in [7, 11) is 0. The van der Waals surface area contributed by atoms with Crippen LogP contribution in [-0.4, -0.2) is 16.9 Å². The summed E-state index contributed by atoms with van der Waals surface area (Å²) in [5.74, 6) is 0.319. The molecule has 0 saturated heterocycles. The van der Waals surface area contributed by atoms with E-state index >= 15 is 0 Å². The van der Waals surface area contributed by atoms with Crippen LogP contribution in [0.1, 0.15) is 26.3 Å². The number of ether oxygens (including phenoxy) is 1. The first-order valence-electron chi connectivity index (χ1n) is 4.30. The first-order valence-corrected chi connectivity index (χ1v) is 4.30. The number of aryl methyl sites for hydroxylation is 1. The van der Waals surface area contributed by atoms with E-state index in [1.165, 1.54) is 6.20 Å². The Labute approximate surface area is 82.4 Å². The lowest BCUT2D eigenvalue weighted by Crippen LogP contribution is -2.27. The number of nitrogens with one attached hydrogen (secondary N) is 1. The van der Waals surface area contributed by atoms with E-state index in [9.17, 15) is 4.79 Å². The highest BCUT2D eigenvalue weighted by Gasteiger charge is 2.17. The minimum atomic E-state index is -0.544. The van der Waals surface area contributed by atoms with Gasteiger partial charge in [-0.05, 0) is 27.7 Å². The fourth-order valence-electron chi connectivity index (χ4n) is 0.806. The van der Waals surface area contributed by atoms with Gasteiger partial charge in [0.2, 0.25) is 5.88 Å². The van der Waals surface area contributed by atoms with E-state index < -0.39 is 11.7 Å². The van der Waals surface area contributed by atoms with Crippen LogP contribution in [0.15, 0.2) is 10.7 Å². The molecule has 5 nitrogen and oxygen atoms in total. The number of anilines is 1. The number of carbonyl (C=O) groups excluding carboxylic acids is 1. The second-order valence-corrected chi connectivity index (χ2v) is 3.96. The normalized spacial score (nSPS) is 11.1. The molecule has 0 atom stereocenters. The maximum absolute atomic E-state index is 11.3. The predicted octanol–water partition coefficient (Wildman–Crippen LogP) is 2.33. The van der Waals surface area contributed by atoms with Crippen molar-refractivity contribution in [1.82, 2.24) is 5.16 Å². The molecule has 0 aliphatic rings. The van der Waals surface area contributed by atoms with Gasteiger partial charge in [0.15, 0.2) is 0 Å². The van der Waals surface area contributed by atoms with Gasteiger partial charge in [0.1, 0.15) is 5.60 Å². The first kappa shape index (κ1) is 10.6. The molecule has 0 aliphatic heterocycles. The van der Waals surface area contributed by atoms with Crippen LogP contribution >= 0.6 is 0 Å². The van der Waals surface area contributed by atoms with Crippen molar-refractivity contribution in [3.05, 3.63) is 11.8 Å². The van der Waals surface area contributed by atoms with Crippen molar-refractivity contribution in [2.45, 2.75) is 33.3 Å². The molecule has 0 saturated carbocycles. The topological polar surface area (TPSA) is 64.4 Å². The van der Waals surface area contributed by atoms with Gasteiger partial charge in [-0.25, -0.2) is 4.79 Å². The molecule has 0 radical (unpaired) electrons. The van der Waals surface area contributed by atoms with E-state index in [0.717, 1.165) is 5.56 Å². The summed E-state index contributed by atoms with van der Waals surface area (Å²) in [6.07, 6.45) is 0.976. The summed E-state index contributed by atoms with van der Waals surface area (Å²) >= 11 is 0. The Hall–Kier alpha value is -1.52. The summed E-state index contributed by atoms with van der Waals surface area (Å²) in [4.78, 5) is 11.3. The lowest BCUT2D eigenvalue weighted by atomic mass is 10.2. The Bertz CT molecular complexity index is 325. The van der Waals surface area contributed by atoms with Crippen LogP contribution < -0.4 is 5.32 Å². The molecule has 0 aromatic carbocycles. The highest BCUT2D eigenvalue weighted by atomic mass is 16.6. The van der Waals surface area contributed by atoms with Crippen molar-refractivity contribution in [3.63, 3.8) is 0 Å². The zero-order valence-corrected chi connectivity index (χ0v) is 8.75. The van der Waals surface area contributed by atoms with Gasteiger partial charge < -0.3 is 9.26 Å². The Balaban J connectivity index is 2.54. The number of carbonyl (C=O) groups is 1. The summed E-state index contributed by atoms with van der Waals surface area (Å²) in [6, 6.07) is 0. The predicted molar refractivity (Wildman–Crippen MR) is 51.1 cm³/mol. The minimum Gasteiger partial charge on any atom is -0.444 e. The fourth-order valence-corrected chi connectivity index (χ4v) is 0.806. The Kier molecular flexibility index (Phi) is 2.78. The van der Waals surface area contributed by atoms with E-state index in [1.54, 1.807) is 27.7 Å². The average molecular weight is 198 g/mol. The molecule has 0 bridgehead atoms. The number of rotatable bonds is 1. The van der Waals surface area contributed by atoms with Crippen LogP contribution in [0.5, 0.6) is 0 Å². The summed E-state index contributed by atoms with van der Waals surface area (Å²) in [6.45, 7) is 7.16. The van der Waals surface area contributed by atoms with Crippen molar-refractivity contribution in [3.8, 4) is 0 Å². The molecule has 5 heteroatoms. The second-order valence-electron chi connectivity index (χ2n) is 3.96. The highest BCUT2D eigenvalue weighted by Crippen LogP contribution is 2.14. The van der Waals surface area contributed by atoms with Crippen molar-refractivity contribution in [2.24, 2.45) is 0 Å². The van der Waals surface area contributed by atoms with Crippen molar-refractivity contribution < 1.29 is 14.1 Å². The second kappa shape index (κ2) is 3.69. The first-order chi connectivity index (χ1) is 6.38. The summed E-state index contributed by atoms with van der Waals surface area (Å²) in [5.41, 5.74) is 0.244. The minimum absolute atomic E-state index is 0.319. The van der Waals surface area contributed by atoms with E-state index in [4.69, 9.17) is 9.26 Å². The van der Waals surface area contributed by atoms with Crippen LogP contribution in [0.3, 0.4) is 0 Å². The SMILES string of the molecule is Cc1cnoc1NC(=O)OC(C)(C)C. The Morgan fingerprint density at radius 2 is 2.21 bits per heavy atom. The van der Waals surface area contributed by atoms with E-state index in [1.807, 2.05) is 0 Å². The van der Waals surface area contributed by atoms with Crippen LogP contribution in [0.2, 0.25) is 0 Å². The monoisotopic (exact) mass is 198 g/mol. The van der Waals surface area contributed by atoms with Gasteiger partial charge in [-0.15, -0.1) is 0 Å². The molecule has 0 unspecified atom stereocenters. The number of nitrogens with zero attached hydrogens (tertiary/aromatic N) is 1. The van der Waals surface area contributed by atoms with Crippen molar-refractivity contribution in [1.29, 1.82) is 0 Å². The Morgan fingerprint density at radius 3 is 2.64 bits per heavy atom. The van der Waals surface area contributed by atoms with Crippen LogP contribution in [-0.2, 0) is 4.74 Å². The molecule has 0 aliphatic carbocycles. The number of amides is 1. The van der Waals surface area contributed by atoms with E-state index in [-0.39, 0.29) is 0 Å². The van der Waals surface area contributed by atoms with Gasteiger partial charge in [0.25, 0.3) is 0 Å². The zero-order valence-electron chi connectivity index (χ0n) is 8.75. The third kappa shape index (κ3) is 3.08. The number of hydrogen-bond donors (Lipinski definition) is 1. The third-order valence-electron chi connectivity index (χ3n) is 1.36. The lowest BCUT2D eigenvalue weighted by Gasteiger charge is -2.18. The highest BCUT2D eigenvalue weighted by molar-refractivity contribution is 5.83. The van der Waals surface area contributed by atoms with Gasteiger partial charge in [-0.3, -0.25) is 5.32 Å². The summed E-state index contributed by atoms with van der Waals surface area (Å²) < 4.78 is 9.82. The summed E-state index contributed by atoms with van der Waals surface area (Å²) in [5, 5.41) is 5.98. The molecule has 1 aromatic rings. The van der Waals surface area contributed by atoms with E-state index in [0.29, 0.717) is 5.88 Å². The van der Waals surface area contributed by atoms with Gasteiger partial charge >= 0.3 is 6.09 Å². The molecule has 1 aromatic heterocycles. The molecular weight excluding hydrogens is 184 g/mol. The van der Waals surface area contributed by atoms with Gasteiger partial charge in [0, 0.05) is 5.56 Å². The van der Waals surface area contributed by atoms with Crippen LogP contribution in [0.4, 0.5) is 10.7 Å². The quantitative estimate of drug-likeness (QED) is 0.752. The molecule has 0 fully saturated rings. The van der Waals surface area contributed by atoms with Crippen LogP contribution in [0.25, 0.3) is 0 Å². The van der Waals surface area contributed by atoms with Gasteiger partial charge in [0.05, 0.1) is 6.20 Å². The molecule has 14 heavy (non-hydrogen) atoms. The molecule has 1 heterocycles. The number of hydrogen-bond acceptors (Lipinski definition) is 4.